The van der Waals surface area contributed by atoms with Crippen LogP contribution in [-0.2, 0) is 0 Å². The monoisotopic (exact) mass is 167 g/mol. The van der Waals surface area contributed by atoms with Crippen molar-refractivity contribution in [2.45, 2.75) is 32.6 Å². The second-order valence-corrected chi connectivity index (χ2v) is 3.90. The van der Waals surface area contributed by atoms with Crippen molar-refractivity contribution in [1.82, 2.24) is 0 Å². The molecule has 0 radical (unpaired) electrons. The van der Waals surface area contributed by atoms with Gasteiger partial charge in [-0.15, -0.1) is 0 Å². The van der Waals surface area contributed by atoms with E-state index in [1.165, 1.54) is 32.7 Å². The fourth-order valence-corrected chi connectivity index (χ4v) is 2.61. The topological polar surface area (TPSA) is 26.0 Å². The molecule has 0 amide bonds. The lowest BCUT2D eigenvalue weighted by atomic mass is 9.79. The summed E-state index contributed by atoms with van der Waals surface area (Å²) in [5, 5.41) is 0. The first-order chi connectivity index (χ1) is 5.88. The highest BCUT2D eigenvalue weighted by Gasteiger charge is 2.31. The Hall–Kier alpha value is -0.300. The van der Waals surface area contributed by atoms with Crippen LogP contribution in [0.5, 0.6) is 0 Å². The van der Waals surface area contributed by atoms with Crippen molar-refractivity contribution in [3.63, 3.8) is 0 Å². The van der Waals surface area contributed by atoms with Gasteiger partial charge in [0.05, 0.1) is 0 Å². The van der Waals surface area contributed by atoms with Crippen LogP contribution in [0.2, 0.25) is 0 Å². The van der Waals surface area contributed by atoms with E-state index in [2.05, 4.69) is 24.8 Å². The number of allylic oxidation sites excluding steroid dienone is 2. The molecule has 12 heavy (non-hydrogen) atoms. The zero-order valence-corrected chi connectivity index (χ0v) is 8.29. The predicted molar refractivity (Wildman–Crippen MR) is 53.9 cm³/mol. The van der Waals surface area contributed by atoms with Gasteiger partial charge in [0.2, 0.25) is 0 Å². The van der Waals surface area contributed by atoms with Crippen LogP contribution in [0.1, 0.15) is 32.6 Å². The van der Waals surface area contributed by atoms with Gasteiger partial charge in [-0.3, -0.25) is 0 Å². The number of hydrogen-bond donors (Lipinski definition) is 1. The van der Waals surface area contributed by atoms with Crippen LogP contribution >= 0.6 is 0 Å². The van der Waals surface area contributed by atoms with E-state index in [1.54, 1.807) is 0 Å². The van der Waals surface area contributed by atoms with Gasteiger partial charge in [-0.1, -0.05) is 25.5 Å². The maximum atomic E-state index is 4.50. The van der Waals surface area contributed by atoms with E-state index in [9.17, 15) is 0 Å². The van der Waals surface area contributed by atoms with Crippen LogP contribution in [0, 0.1) is 17.8 Å². The number of rotatable bonds is 0. The SMILES string of the molecule is CN.C[C@@H]1CC=C[C@H]2CCC[C@@H]12. The van der Waals surface area contributed by atoms with Crippen molar-refractivity contribution in [3.05, 3.63) is 12.2 Å². The Bertz CT molecular complexity index is 151. The number of fused-ring (bicyclic) bond motifs is 1. The van der Waals surface area contributed by atoms with Gasteiger partial charge in [0.1, 0.15) is 0 Å². The maximum absolute atomic E-state index is 4.50. The van der Waals surface area contributed by atoms with Crippen molar-refractivity contribution in [1.29, 1.82) is 0 Å². The quantitative estimate of drug-likeness (QED) is 0.551. The second-order valence-electron chi connectivity index (χ2n) is 3.90. The zero-order chi connectivity index (χ0) is 8.97. The molecule has 1 heteroatoms. The van der Waals surface area contributed by atoms with Gasteiger partial charge in [-0.25, -0.2) is 0 Å². The van der Waals surface area contributed by atoms with Crippen LogP contribution in [-0.4, -0.2) is 7.05 Å². The average molecular weight is 167 g/mol. The molecule has 2 aliphatic carbocycles. The van der Waals surface area contributed by atoms with Gasteiger partial charge in [-0.05, 0) is 44.1 Å². The zero-order valence-electron chi connectivity index (χ0n) is 8.29. The molecule has 2 N–H and O–H groups in total. The summed E-state index contributed by atoms with van der Waals surface area (Å²) in [7, 11) is 1.50. The lowest BCUT2D eigenvalue weighted by Crippen LogP contribution is -2.17. The van der Waals surface area contributed by atoms with Gasteiger partial charge < -0.3 is 5.73 Å². The first-order valence-corrected chi connectivity index (χ1v) is 5.12. The van der Waals surface area contributed by atoms with Gasteiger partial charge in [0, 0.05) is 0 Å². The summed E-state index contributed by atoms with van der Waals surface area (Å²) in [4.78, 5) is 0. The molecular weight excluding hydrogens is 146 g/mol. The second kappa shape index (κ2) is 4.66. The summed E-state index contributed by atoms with van der Waals surface area (Å²) in [6, 6.07) is 0. The molecule has 2 rings (SSSR count). The highest BCUT2D eigenvalue weighted by molar-refractivity contribution is 5.01. The summed E-state index contributed by atoms with van der Waals surface area (Å²) >= 11 is 0. The molecule has 0 aromatic rings. The van der Waals surface area contributed by atoms with Crippen molar-refractivity contribution in [2.75, 3.05) is 7.05 Å². The van der Waals surface area contributed by atoms with E-state index in [0.29, 0.717) is 0 Å². The number of hydrogen-bond acceptors (Lipinski definition) is 1. The Morgan fingerprint density at radius 3 is 2.67 bits per heavy atom. The summed E-state index contributed by atoms with van der Waals surface area (Å²) < 4.78 is 0. The minimum Gasteiger partial charge on any atom is -0.333 e. The fourth-order valence-electron chi connectivity index (χ4n) is 2.61. The summed E-state index contributed by atoms with van der Waals surface area (Å²) in [5.74, 6) is 2.98. The van der Waals surface area contributed by atoms with Gasteiger partial charge >= 0.3 is 0 Å². The normalized spacial score (nSPS) is 38.4. The van der Waals surface area contributed by atoms with Crippen molar-refractivity contribution in [2.24, 2.45) is 23.5 Å². The minimum absolute atomic E-state index is 0.962. The van der Waals surface area contributed by atoms with E-state index in [0.717, 1.165) is 17.8 Å². The van der Waals surface area contributed by atoms with E-state index in [1.807, 2.05) is 0 Å². The Kier molecular flexibility index (Phi) is 3.80. The number of nitrogens with two attached hydrogens (primary N) is 1. The molecule has 0 aliphatic heterocycles. The molecule has 3 atom stereocenters. The fraction of sp³-hybridized carbons (Fsp3) is 0.818. The lowest BCUT2D eigenvalue weighted by molar-refractivity contribution is 0.303. The van der Waals surface area contributed by atoms with E-state index < -0.39 is 0 Å². The largest absolute Gasteiger partial charge is 0.333 e. The van der Waals surface area contributed by atoms with Crippen molar-refractivity contribution >= 4 is 0 Å². The van der Waals surface area contributed by atoms with Crippen LogP contribution in [0.3, 0.4) is 0 Å². The average Bonchev–Trinajstić information content (AvgIpc) is 2.57. The molecular formula is C11H21N. The Morgan fingerprint density at radius 2 is 2.00 bits per heavy atom. The van der Waals surface area contributed by atoms with Gasteiger partial charge in [-0.2, -0.15) is 0 Å². The lowest BCUT2D eigenvalue weighted by Gasteiger charge is -2.26. The van der Waals surface area contributed by atoms with Gasteiger partial charge in [0.25, 0.3) is 0 Å². The van der Waals surface area contributed by atoms with Crippen LogP contribution in [0.25, 0.3) is 0 Å². The van der Waals surface area contributed by atoms with Gasteiger partial charge in [0.15, 0.2) is 0 Å². The Morgan fingerprint density at radius 1 is 1.25 bits per heavy atom. The summed E-state index contributed by atoms with van der Waals surface area (Å²) in [5.41, 5.74) is 4.50. The molecule has 2 aliphatic rings. The molecule has 1 saturated carbocycles. The standard InChI is InChI=1S/C10H16.CH5N/c1-8-4-2-5-9-6-3-7-10(8)9;1-2/h2,5,8-10H,3-4,6-7H2,1H3;2H2,1H3/t8-,9+,10+;/m1./s1. The van der Waals surface area contributed by atoms with E-state index in [4.69, 9.17) is 0 Å². The summed E-state index contributed by atoms with van der Waals surface area (Å²) in [6.45, 7) is 2.41. The van der Waals surface area contributed by atoms with E-state index >= 15 is 0 Å². The molecule has 1 nitrogen and oxygen atoms in total. The molecule has 0 spiro atoms. The first-order valence-electron chi connectivity index (χ1n) is 5.12. The smallest absolute Gasteiger partial charge is 0.0195 e. The summed E-state index contributed by atoms with van der Waals surface area (Å²) in [6.07, 6.45) is 10.6. The van der Waals surface area contributed by atoms with Crippen LogP contribution in [0.4, 0.5) is 0 Å². The molecule has 0 saturated heterocycles. The van der Waals surface area contributed by atoms with E-state index in [-0.39, 0.29) is 0 Å². The highest BCUT2D eigenvalue weighted by Crippen LogP contribution is 2.41. The molecule has 0 aromatic heterocycles. The highest BCUT2D eigenvalue weighted by atomic mass is 14.4. The predicted octanol–water partition coefficient (Wildman–Crippen LogP) is 2.57. The third-order valence-electron chi connectivity index (χ3n) is 3.25. The molecule has 0 unspecified atom stereocenters. The third-order valence-corrected chi connectivity index (χ3v) is 3.25. The van der Waals surface area contributed by atoms with Crippen LogP contribution < -0.4 is 5.73 Å². The third kappa shape index (κ3) is 1.89. The Labute approximate surface area is 76.0 Å². The first kappa shape index (κ1) is 9.79. The van der Waals surface area contributed by atoms with Crippen molar-refractivity contribution < 1.29 is 0 Å². The molecule has 1 fully saturated rings. The van der Waals surface area contributed by atoms with Crippen LogP contribution in [0.15, 0.2) is 12.2 Å². The maximum Gasteiger partial charge on any atom is -0.0195 e. The minimum atomic E-state index is 0.962. The molecule has 0 heterocycles. The van der Waals surface area contributed by atoms with Crippen molar-refractivity contribution in [3.8, 4) is 0 Å². The molecule has 0 aromatic carbocycles. The molecule has 70 valence electrons. The Balaban J connectivity index is 0.000000336. The molecule has 0 bridgehead atoms.